The highest BCUT2D eigenvalue weighted by atomic mass is 32.2. The van der Waals surface area contributed by atoms with Gasteiger partial charge in [-0.05, 0) is 49.4 Å². The predicted molar refractivity (Wildman–Crippen MR) is 124 cm³/mol. The van der Waals surface area contributed by atoms with Gasteiger partial charge in [0, 0.05) is 19.0 Å². The minimum atomic E-state index is -3.93. The number of carbonyl (C=O) groups is 1. The molecule has 33 heavy (non-hydrogen) atoms. The predicted octanol–water partition coefficient (Wildman–Crippen LogP) is 4.01. The fourth-order valence-electron chi connectivity index (χ4n) is 4.29. The maximum atomic E-state index is 14.1. The molecule has 1 saturated heterocycles. The van der Waals surface area contributed by atoms with Gasteiger partial charge in [-0.25, -0.2) is 17.8 Å². The van der Waals surface area contributed by atoms with Crippen LogP contribution < -0.4 is 5.32 Å². The lowest BCUT2D eigenvalue weighted by Crippen LogP contribution is -2.44. The number of nitrogens with zero attached hydrogens (tertiary/aromatic N) is 2. The number of carbonyl (C=O) groups excluding carboxylic acids is 1. The molecule has 1 aliphatic heterocycles. The van der Waals surface area contributed by atoms with E-state index in [9.17, 15) is 17.6 Å². The van der Waals surface area contributed by atoms with Crippen molar-refractivity contribution in [2.75, 3.05) is 13.1 Å². The Hall–Kier alpha value is -2.78. The molecule has 1 amide bonds. The smallest absolute Gasteiger partial charge is 0.245 e. The van der Waals surface area contributed by atoms with Crippen LogP contribution >= 0.6 is 0 Å². The van der Waals surface area contributed by atoms with Crippen molar-refractivity contribution in [2.24, 2.45) is 11.8 Å². The second kappa shape index (κ2) is 9.61. The molecule has 9 heteroatoms. The summed E-state index contributed by atoms with van der Waals surface area (Å²) in [6.07, 6.45) is 1.49. The molecule has 2 N–H and O–H groups in total. The average molecular weight is 473 g/mol. The molecule has 2 heterocycles. The van der Waals surface area contributed by atoms with Crippen LogP contribution in [0.2, 0.25) is 0 Å². The van der Waals surface area contributed by atoms with E-state index in [4.69, 9.17) is 0 Å². The van der Waals surface area contributed by atoms with Gasteiger partial charge in [-0.2, -0.15) is 4.31 Å². The van der Waals surface area contributed by atoms with Crippen molar-refractivity contribution in [1.82, 2.24) is 19.6 Å². The molecule has 1 atom stereocenters. The molecule has 4 rings (SSSR count). The van der Waals surface area contributed by atoms with Crippen LogP contribution in [0.15, 0.2) is 53.4 Å². The number of benzene rings is 2. The second-order valence-electron chi connectivity index (χ2n) is 8.94. The zero-order chi connectivity index (χ0) is 23.6. The number of sulfonamides is 1. The van der Waals surface area contributed by atoms with Crippen molar-refractivity contribution in [3.63, 3.8) is 0 Å². The first-order valence-electron chi connectivity index (χ1n) is 11.3. The van der Waals surface area contributed by atoms with Crippen LogP contribution in [0.3, 0.4) is 0 Å². The Labute approximate surface area is 193 Å². The summed E-state index contributed by atoms with van der Waals surface area (Å²) < 4.78 is 41.0. The number of amides is 1. The fraction of sp³-hybridized carbons (Fsp3) is 0.417. The van der Waals surface area contributed by atoms with Crippen molar-refractivity contribution < 1.29 is 17.6 Å². The molecule has 1 aliphatic rings. The van der Waals surface area contributed by atoms with Crippen LogP contribution in [0.25, 0.3) is 11.0 Å². The van der Waals surface area contributed by atoms with E-state index in [0.29, 0.717) is 18.8 Å². The Balaban J connectivity index is 1.43. The molecule has 3 aromatic rings. The molecule has 176 valence electrons. The third kappa shape index (κ3) is 5.09. The van der Waals surface area contributed by atoms with Gasteiger partial charge in [0.2, 0.25) is 15.9 Å². The number of aromatic nitrogens is 2. The topological polar surface area (TPSA) is 95.2 Å². The van der Waals surface area contributed by atoms with E-state index in [1.165, 1.54) is 22.5 Å². The number of fused-ring (bicyclic) bond motifs is 1. The highest BCUT2D eigenvalue weighted by molar-refractivity contribution is 7.89. The average Bonchev–Trinajstić information content (AvgIpc) is 3.23. The number of nitrogens with one attached hydrogen (secondary N) is 2. The van der Waals surface area contributed by atoms with Crippen molar-refractivity contribution in [1.29, 1.82) is 0 Å². The molecule has 1 aromatic heterocycles. The monoisotopic (exact) mass is 472 g/mol. The summed E-state index contributed by atoms with van der Waals surface area (Å²) in [6, 6.07) is 12.8. The molecule has 2 aromatic carbocycles. The van der Waals surface area contributed by atoms with Crippen LogP contribution in [-0.4, -0.2) is 41.7 Å². The van der Waals surface area contributed by atoms with Crippen LogP contribution in [0.1, 0.15) is 45.0 Å². The lowest BCUT2D eigenvalue weighted by Gasteiger charge is -2.31. The van der Waals surface area contributed by atoms with Gasteiger partial charge < -0.3 is 10.3 Å². The van der Waals surface area contributed by atoms with Gasteiger partial charge in [-0.3, -0.25) is 4.79 Å². The van der Waals surface area contributed by atoms with Gasteiger partial charge in [0.15, 0.2) is 0 Å². The van der Waals surface area contributed by atoms with Crippen LogP contribution in [0.4, 0.5) is 4.39 Å². The molecule has 1 unspecified atom stereocenters. The Morgan fingerprint density at radius 2 is 1.82 bits per heavy atom. The third-order valence-corrected chi connectivity index (χ3v) is 7.97. The van der Waals surface area contributed by atoms with E-state index < -0.39 is 15.8 Å². The zero-order valence-electron chi connectivity index (χ0n) is 18.8. The van der Waals surface area contributed by atoms with Gasteiger partial charge in [-0.15, -0.1) is 0 Å². The first-order valence-corrected chi connectivity index (χ1v) is 12.7. The molecule has 0 aliphatic carbocycles. The summed E-state index contributed by atoms with van der Waals surface area (Å²) >= 11 is 0. The first kappa shape index (κ1) is 23.4. The number of imidazole rings is 1. The zero-order valence-corrected chi connectivity index (χ0v) is 19.6. The molecule has 1 fully saturated rings. The number of para-hydroxylation sites is 2. The quantitative estimate of drug-likeness (QED) is 0.543. The summed E-state index contributed by atoms with van der Waals surface area (Å²) in [5.41, 5.74) is 1.77. The third-order valence-electron chi connectivity index (χ3n) is 6.04. The van der Waals surface area contributed by atoms with E-state index >= 15 is 0 Å². The first-order chi connectivity index (χ1) is 15.8. The van der Waals surface area contributed by atoms with E-state index in [1.807, 2.05) is 24.3 Å². The van der Waals surface area contributed by atoms with Gasteiger partial charge in [0.05, 0.1) is 17.1 Å². The Kier molecular flexibility index (Phi) is 6.81. The number of hydrogen-bond acceptors (Lipinski definition) is 4. The molecule has 0 saturated carbocycles. The van der Waals surface area contributed by atoms with Crippen molar-refractivity contribution in [3.8, 4) is 0 Å². The minimum Gasteiger partial charge on any atom is -0.346 e. The van der Waals surface area contributed by atoms with Crippen molar-refractivity contribution >= 4 is 27.0 Å². The minimum absolute atomic E-state index is 0.107. The maximum absolute atomic E-state index is 14.1. The van der Waals surface area contributed by atoms with E-state index in [1.54, 1.807) is 0 Å². The number of H-pyrrole nitrogens is 1. The summed E-state index contributed by atoms with van der Waals surface area (Å²) in [5, 5.41) is 3.13. The number of rotatable bonds is 7. The summed E-state index contributed by atoms with van der Waals surface area (Å²) in [7, 11) is -3.93. The lowest BCUT2D eigenvalue weighted by atomic mass is 9.95. The summed E-state index contributed by atoms with van der Waals surface area (Å²) in [6.45, 7) is 4.53. The van der Waals surface area contributed by atoms with E-state index in [0.717, 1.165) is 29.3 Å². The number of hydrogen-bond donors (Lipinski definition) is 2. The number of piperidine rings is 1. The molecular formula is C24H29FN4O3S. The van der Waals surface area contributed by atoms with E-state index in [2.05, 4.69) is 29.1 Å². The molecular weight excluding hydrogens is 443 g/mol. The molecule has 7 nitrogen and oxygen atoms in total. The number of halogens is 1. The number of aromatic amines is 1. The Bertz CT molecular complexity index is 1200. The Morgan fingerprint density at radius 3 is 2.48 bits per heavy atom. The van der Waals surface area contributed by atoms with Gasteiger partial charge in [-0.1, -0.05) is 38.1 Å². The fourth-order valence-corrected chi connectivity index (χ4v) is 5.82. The largest absolute Gasteiger partial charge is 0.346 e. The second-order valence-corrected chi connectivity index (χ2v) is 10.8. The normalized spacial score (nSPS) is 16.8. The van der Waals surface area contributed by atoms with Crippen molar-refractivity contribution in [2.45, 2.75) is 44.0 Å². The van der Waals surface area contributed by atoms with Gasteiger partial charge in [0.1, 0.15) is 16.5 Å². The molecule has 0 bridgehead atoms. The van der Waals surface area contributed by atoms with Crippen LogP contribution in [-0.2, 0) is 14.8 Å². The standard InChI is InChI=1S/C24H29FN4O3S/c1-16(2)15-21(23-26-19-8-4-5-9-20(19)27-23)28-24(30)17-11-13-29(14-12-17)33(31,32)22-10-6-3-7-18(22)25/h3-10,16-17,21H,11-15H2,1-2H3,(H,26,27)(H,28,30). The van der Waals surface area contributed by atoms with E-state index in [-0.39, 0.29) is 35.9 Å². The molecule has 0 spiro atoms. The lowest BCUT2D eigenvalue weighted by molar-refractivity contribution is -0.127. The van der Waals surface area contributed by atoms with Gasteiger partial charge >= 0.3 is 0 Å². The Morgan fingerprint density at radius 1 is 1.15 bits per heavy atom. The van der Waals surface area contributed by atoms with Crippen molar-refractivity contribution in [3.05, 3.63) is 60.2 Å². The highest BCUT2D eigenvalue weighted by Crippen LogP contribution is 2.27. The maximum Gasteiger partial charge on any atom is 0.245 e. The van der Waals surface area contributed by atoms with Crippen LogP contribution in [0, 0.1) is 17.7 Å². The SMILES string of the molecule is CC(C)CC(NC(=O)C1CCN(S(=O)(=O)c2ccccc2F)CC1)c1nc2ccccc2[nH]1. The van der Waals surface area contributed by atoms with Crippen LogP contribution in [0.5, 0.6) is 0 Å². The summed E-state index contributed by atoms with van der Waals surface area (Å²) in [4.78, 5) is 20.7. The summed E-state index contributed by atoms with van der Waals surface area (Å²) in [5.74, 6) is -0.117. The highest BCUT2D eigenvalue weighted by Gasteiger charge is 2.34. The van der Waals surface area contributed by atoms with Gasteiger partial charge in [0.25, 0.3) is 0 Å². The molecule has 0 radical (unpaired) electrons.